The second-order valence-corrected chi connectivity index (χ2v) is 3.98. The van der Waals surface area contributed by atoms with E-state index in [1.54, 1.807) is 0 Å². The van der Waals surface area contributed by atoms with Crippen molar-refractivity contribution in [1.29, 1.82) is 0 Å². The number of hydrogen-bond donors (Lipinski definition) is 3. The molecule has 72 valence electrons. The Hall–Kier alpha value is -0.120. The van der Waals surface area contributed by atoms with Crippen LogP contribution in [0.4, 0.5) is 0 Å². The third-order valence-electron chi connectivity index (χ3n) is 2.34. The fourth-order valence-corrected chi connectivity index (χ4v) is 1.42. The van der Waals surface area contributed by atoms with Gasteiger partial charge in [-0.25, -0.2) is 0 Å². The lowest BCUT2D eigenvalue weighted by molar-refractivity contribution is 0.0451. The van der Waals surface area contributed by atoms with Gasteiger partial charge in [-0.2, -0.15) is 0 Å². The molecule has 0 bridgehead atoms. The van der Waals surface area contributed by atoms with Crippen LogP contribution in [0.2, 0.25) is 0 Å². The molecule has 1 saturated heterocycles. The van der Waals surface area contributed by atoms with Crippen molar-refractivity contribution < 1.29 is 5.11 Å². The first-order valence-electron chi connectivity index (χ1n) is 4.80. The molecule has 1 atom stereocenters. The van der Waals surface area contributed by atoms with Crippen LogP contribution in [-0.2, 0) is 0 Å². The fraction of sp³-hybridized carbons (Fsp3) is 1.00. The van der Waals surface area contributed by atoms with E-state index in [0.717, 1.165) is 25.9 Å². The highest BCUT2D eigenvalue weighted by atomic mass is 16.3. The Kier molecular flexibility index (Phi) is 3.50. The molecule has 0 amide bonds. The molecule has 3 nitrogen and oxygen atoms in total. The van der Waals surface area contributed by atoms with Crippen molar-refractivity contribution >= 4 is 0 Å². The highest BCUT2D eigenvalue weighted by molar-refractivity contribution is 4.85. The Morgan fingerprint density at radius 3 is 2.67 bits per heavy atom. The van der Waals surface area contributed by atoms with Crippen LogP contribution >= 0.6 is 0 Å². The zero-order chi connectivity index (χ0) is 9.03. The molecule has 0 aromatic rings. The second-order valence-electron chi connectivity index (χ2n) is 3.98. The van der Waals surface area contributed by atoms with Gasteiger partial charge in [-0.1, -0.05) is 13.3 Å². The van der Waals surface area contributed by atoms with Gasteiger partial charge in [-0.15, -0.1) is 0 Å². The minimum Gasteiger partial charge on any atom is -0.389 e. The predicted molar refractivity (Wildman–Crippen MR) is 50.2 cm³/mol. The summed E-state index contributed by atoms with van der Waals surface area (Å²) in [7, 11) is 0. The molecule has 3 heteroatoms. The number of hydrogen-bond acceptors (Lipinski definition) is 3. The summed E-state index contributed by atoms with van der Waals surface area (Å²) in [5.41, 5.74) is -0.523. The Balaban J connectivity index is 2.10. The van der Waals surface area contributed by atoms with Crippen LogP contribution in [0, 0.1) is 0 Å². The van der Waals surface area contributed by atoms with Gasteiger partial charge in [-0.05, 0) is 13.3 Å². The molecule has 12 heavy (non-hydrogen) atoms. The quantitative estimate of drug-likeness (QED) is 0.551. The van der Waals surface area contributed by atoms with Crippen LogP contribution in [-0.4, -0.2) is 36.4 Å². The van der Waals surface area contributed by atoms with Gasteiger partial charge in [0.05, 0.1) is 5.60 Å². The molecular weight excluding hydrogens is 152 g/mol. The Bertz CT molecular complexity index is 132. The van der Waals surface area contributed by atoms with Crippen molar-refractivity contribution in [2.75, 3.05) is 19.6 Å². The van der Waals surface area contributed by atoms with Gasteiger partial charge < -0.3 is 15.7 Å². The molecule has 0 spiro atoms. The fourth-order valence-electron chi connectivity index (χ4n) is 1.42. The van der Waals surface area contributed by atoms with Crippen LogP contribution in [0.3, 0.4) is 0 Å². The number of aliphatic hydroxyl groups is 1. The Morgan fingerprint density at radius 2 is 2.25 bits per heavy atom. The lowest BCUT2D eigenvalue weighted by Gasteiger charge is -2.32. The monoisotopic (exact) mass is 172 g/mol. The van der Waals surface area contributed by atoms with Crippen LogP contribution < -0.4 is 10.6 Å². The van der Waals surface area contributed by atoms with E-state index in [1.165, 1.54) is 0 Å². The average Bonchev–Trinajstić information content (AvgIpc) is 1.82. The SMILES string of the molecule is CCCC(C)(O)CNC1CNC1. The molecule has 0 aliphatic carbocycles. The lowest BCUT2D eigenvalue weighted by Crippen LogP contribution is -2.58. The van der Waals surface area contributed by atoms with Gasteiger partial charge in [0.15, 0.2) is 0 Å². The maximum atomic E-state index is 9.80. The van der Waals surface area contributed by atoms with Gasteiger partial charge in [0.1, 0.15) is 0 Å². The highest BCUT2D eigenvalue weighted by Gasteiger charge is 2.22. The van der Waals surface area contributed by atoms with Crippen molar-refractivity contribution in [3.05, 3.63) is 0 Å². The van der Waals surface area contributed by atoms with E-state index in [-0.39, 0.29) is 0 Å². The minimum atomic E-state index is -0.523. The summed E-state index contributed by atoms with van der Waals surface area (Å²) < 4.78 is 0. The van der Waals surface area contributed by atoms with Gasteiger partial charge in [0.25, 0.3) is 0 Å². The van der Waals surface area contributed by atoms with Crippen LogP contribution in [0.15, 0.2) is 0 Å². The van der Waals surface area contributed by atoms with E-state index < -0.39 is 5.60 Å². The van der Waals surface area contributed by atoms with Crippen LogP contribution in [0.25, 0.3) is 0 Å². The summed E-state index contributed by atoms with van der Waals surface area (Å²) in [4.78, 5) is 0. The highest BCUT2D eigenvalue weighted by Crippen LogP contribution is 2.10. The lowest BCUT2D eigenvalue weighted by atomic mass is 10.00. The first-order chi connectivity index (χ1) is 5.64. The van der Waals surface area contributed by atoms with E-state index in [1.807, 2.05) is 6.92 Å². The second kappa shape index (κ2) is 4.21. The number of rotatable bonds is 5. The van der Waals surface area contributed by atoms with E-state index >= 15 is 0 Å². The van der Waals surface area contributed by atoms with Crippen molar-refractivity contribution in [1.82, 2.24) is 10.6 Å². The molecule has 0 radical (unpaired) electrons. The standard InChI is InChI=1S/C9H20N2O/c1-3-4-9(2,12)7-11-8-5-10-6-8/h8,10-12H,3-7H2,1-2H3. The molecular formula is C9H20N2O. The predicted octanol–water partition coefficient (Wildman–Crippen LogP) is 0.0989. The van der Waals surface area contributed by atoms with E-state index in [4.69, 9.17) is 0 Å². The summed E-state index contributed by atoms with van der Waals surface area (Å²) >= 11 is 0. The molecule has 1 fully saturated rings. The Morgan fingerprint density at radius 1 is 1.58 bits per heavy atom. The summed E-state index contributed by atoms with van der Waals surface area (Å²) in [6, 6.07) is 0.577. The molecule has 1 aliphatic heterocycles. The van der Waals surface area contributed by atoms with E-state index in [2.05, 4.69) is 17.6 Å². The largest absolute Gasteiger partial charge is 0.389 e. The molecule has 1 rings (SSSR count). The molecule has 1 aliphatic rings. The summed E-state index contributed by atoms with van der Waals surface area (Å²) in [5.74, 6) is 0. The normalized spacial score (nSPS) is 23.2. The molecule has 0 aromatic carbocycles. The van der Waals surface area contributed by atoms with Crippen molar-refractivity contribution in [3.8, 4) is 0 Å². The Labute approximate surface area is 74.5 Å². The third-order valence-corrected chi connectivity index (χ3v) is 2.34. The molecule has 1 unspecified atom stereocenters. The molecule has 0 aromatic heterocycles. The van der Waals surface area contributed by atoms with Crippen molar-refractivity contribution in [2.24, 2.45) is 0 Å². The summed E-state index contributed by atoms with van der Waals surface area (Å²) in [5, 5.41) is 16.3. The maximum Gasteiger partial charge on any atom is 0.0743 e. The molecule has 3 N–H and O–H groups in total. The summed E-state index contributed by atoms with van der Waals surface area (Å²) in [6.07, 6.45) is 1.91. The first kappa shape index (κ1) is 9.96. The van der Waals surface area contributed by atoms with Gasteiger partial charge >= 0.3 is 0 Å². The average molecular weight is 172 g/mol. The van der Waals surface area contributed by atoms with Crippen molar-refractivity contribution in [2.45, 2.75) is 38.3 Å². The molecule has 0 saturated carbocycles. The topological polar surface area (TPSA) is 44.3 Å². The van der Waals surface area contributed by atoms with Gasteiger partial charge in [0.2, 0.25) is 0 Å². The maximum absolute atomic E-state index is 9.80. The third kappa shape index (κ3) is 3.09. The zero-order valence-electron chi connectivity index (χ0n) is 8.06. The molecule has 1 heterocycles. The van der Waals surface area contributed by atoms with Crippen LogP contribution in [0.5, 0.6) is 0 Å². The van der Waals surface area contributed by atoms with Gasteiger partial charge in [0, 0.05) is 25.7 Å². The first-order valence-corrected chi connectivity index (χ1v) is 4.80. The zero-order valence-corrected chi connectivity index (χ0v) is 8.06. The smallest absolute Gasteiger partial charge is 0.0743 e. The van der Waals surface area contributed by atoms with E-state index in [9.17, 15) is 5.11 Å². The minimum absolute atomic E-state index is 0.523. The number of nitrogens with one attached hydrogen (secondary N) is 2. The van der Waals surface area contributed by atoms with Gasteiger partial charge in [-0.3, -0.25) is 0 Å². The van der Waals surface area contributed by atoms with E-state index in [0.29, 0.717) is 12.6 Å². The summed E-state index contributed by atoms with van der Waals surface area (Å²) in [6.45, 7) is 6.80. The van der Waals surface area contributed by atoms with Crippen molar-refractivity contribution in [3.63, 3.8) is 0 Å². The van der Waals surface area contributed by atoms with Crippen LogP contribution in [0.1, 0.15) is 26.7 Å².